The fraction of sp³-hybridized carbons (Fsp3) is 0.115. The van der Waals surface area contributed by atoms with Gasteiger partial charge >= 0.3 is 6.03 Å². The van der Waals surface area contributed by atoms with Crippen LogP contribution in [0.4, 0.5) is 10.5 Å². The van der Waals surface area contributed by atoms with Crippen molar-refractivity contribution in [3.05, 3.63) is 105 Å². The van der Waals surface area contributed by atoms with E-state index in [9.17, 15) is 14.4 Å². The lowest BCUT2D eigenvalue weighted by Crippen LogP contribution is -2.54. The molecule has 1 heterocycles. The zero-order chi connectivity index (χ0) is 22.8. The van der Waals surface area contributed by atoms with E-state index >= 15 is 0 Å². The Morgan fingerprint density at radius 3 is 2.28 bits per heavy atom. The maximum atomic E-state index is 13.2. The molecule has 1 aliphatic rings. The molecule has 32 heavy (non-hydrogen) atoms. The molecule has 4 rings (SSSR count). The Morgan fingerprint density at radius 2 is 1.56 bits per heavy atom. The number of urea groups is 1. The Hall–Kier alpha value is -3.51. The van der Waals surface area contributed by atoms with Crippen molar-refractivity contribution < 1.29 is 14.4 Å². The molecule has 0 bridgehead atoms. The van der Waals surface area contributed by atoms with E-state index < -0.39 is 17.8 Å². The van der Waals surface area contributed by atoms with E-state index in [4.69, 9.17) is 0 Å². The van der Waals surface area contributed by atoms with Gasteiger partial charge in [-0.2, -0.15) is 0 Å². The van der Waals surface area contributed by atoms with Crippen LogP contribution in [0.25, 0.3) is 6.08 Å². The summed E-state index contributed by atoms with van der Waals surface area (Å²) in [6.45, 7) is 3.86. The van der Waals surface area contributed by atoms with E-state index in [0.29, 0.717) is 12.1 Å². The monoisotopic (exact) mass is 488 g/mol. The number of aryl methyl sites for hydroxylation is 2. The number of nitrogens with zero attached hydrogens (tertiary/aromatic N) is 1. The standard InChI is InChI=1S/C26H21BrN2O3/c1-16-11-12-21(13-17(16)2)29-25(31)22(24(30)28-26(29)32)15-19-8-4-3-7-18(19)14-20-9-5-6-10-23(20)27/h3-13,15H,14H2,1-2H3,(H,28,30,32)/b22-15+. The molecule has 3 aromatic rings. The number of hydrogen-bond donors (Lipinski definition) is 1. The average molecular weight is 489 g/mol. The maximum Gasteiger partial charge on any atom is 0.335 e. The van der Waals surface area contributed by atoms with Gasteiger partial charge in [-0.05, 0) is 72.4 Å². The van der Waals surface area contributed by atoms with E-state index in [0.717, 1.165) is 37.2 Å². The number of halogens is 1. The molecule has 0 radical (unpaired) electrons. The Bertz CT molecular complexity index is 1280. The Labute approximate surface area is 194 Å². The van der Waals surface area contributed by atoms with Gasteiger partial charge in [0, 0.05) is 4.47 Å². The van der Waals surface area contributed by atoms with E-state index in [-0.39, 0.29) is 5.57 Å². The second-order valence-electron chi connectivity index (χ2n) is 7.69. The second-order valence-corrected chi connectivity index (χ2v) is 8.55. The van der Waals surface area contributed by atoms with E-state index in [1.807, 2.05) is 68.4 Å². The molecular weight excluding hydrogens is 468 g/mol. The molecule has 1 saturated heterocycles. The summed E-state index contributed by atoms with van der Waals surface area (Å²) in [7, 11) is 0. The van der Waals surface area contributed by atoms with Crippen LogP contribution in [-0.2, 0) is 16.0 Å². The minimum atomic E-state index is -0.748. The van der Waals surface area contributed by atoms with E-state index in [1.165, 1.54) is 0 Å². The third kappa shape index (κ3) is 4.27. The summed E-state index contributed by atoms with van der Waals surface area (Å²) in [6.07, 6.45) is 2.18. The van der Waals surface area contributed by atoms with Crippen molar-refractivity contribution in [2.45, 2.75) is 20.3 Å². The lowest BCUT2D eigenvalue weighted by molar-refractivity contribution is -0.122. The van der Waals surface area contributed by atoms with Gasteiger partial charge in [-0.1, -0.05) is 64.5 Å². The smallest absolute Gasteiger partial charge is 0.273 e. The van der Waals surface area contributed by atoms with E-state index in [2.05, 4.69) is 21.2 Å². The van der Waals surface area contributed by atoms with Crippen LogP contribution in [0.2, 0.25) is 0 Å². The molecule has 4 amide bonds. The van der Waals surface area contributed by atoms with Crippen molar-refractivity contribution in [1.29, 1.82) is 0 Å². The van der Waals surface area contributed by atoms with Crippen molar-refractivity contribution in [3.8, 4) is 0 Å². The number of hydrogen-bond acceptors (Lipinski definition) is 3. The topological polar surface area (TPSA) is 66.5 Å². The van der Waals surface area contributed by atoms with Crippen LogP contribution in [0.15, 0.2) is 76.8 Å². The highest BCUT2D eigenvalue weighted by atomic mass is 79.9. The fourth-order valence-corrected chi connectivity index (χ4v) is 4.02. The average Bonchev–Trinajstić information content (AvgIpc) is 2.76. The molecule has 160 valence electrons. The molecule has 0 aromatic heterocycles. The molecule has 0 atom stereocenters. The normalized spacial score (nSPS) is 15.3. The summed E-state index contributed by atoms with van der Waals surface area (Å²) in [5, 5.41) is 2.29. The molecule has 5 nitrogen and oxygen atoms in total. The van der Waals surface area contributed by atoms with Gasteiger partial charge in [-0.25, -0.2) is 9.69 Å². The predicted molar refractivity (Wildman–Crippen MR) is 128 cm³/mol. The number of rotatable bonds is 4. The molecule has 3 aromatic carbocycles. The third-order valence-corrected chi connectivity index (χ3v) is 6.32. The van der Waals surface area contributed by atoms with Crippen LogP contribution in [0, 0.1) is 13.8 Å². The SMILES string of the molecule is Cc1ccc(N2C(=O)NC(=O)/C(=C\c3ccccc3Cc3ccccc3Br)C2=O)cc1C. The minimum Gasteiger partial charge on any atom is -0.273 e. The van der Waals surface area contributed by atoms with Crippen LogP contribution in [0.1, 0.15) is 27.8 Å². The largest absolute Gasteiger partial charge is 0.335 e. The molecule has 0 saturated carbocycles. The van der Waals surface area contributed by atoms with Crippen LogP contribution < -0.4 is 10.2 Å². The summed E-state index contributed by atoms with van der Waals surface area (Å²) >= 11 is 3.57. The molecule has 1 N–H and O–H groups in total. The van der Waals surface area contributed by atoms with Gasteiger partial charge in [-0.15, -0.1) is 0 Å². The molecular formula is C26H21BrN2O3. The fourth-order valence-electron chi connectivity index (χ4n) is 3.60. The lowest BCUT2D eigenvalue weighted by atomic mass is 9.97. The second kappa shape index (κ2) is 8.93. The number of carbonyl (C=O) groups excluding carboxylic acids is 3. The molecule has 1 fully saturated rings. The number of amides is 4. The van der Waals surface area contributed by atoms with Crippen molar-refractivity contribution >= 4 is 45.5 Å². The number of anilines is 1. The van der Waals surface area contributed by atoms with Crippen molar-refractivity contribution in [2.75, 3.05) is 4.90 Å². The minimum absolute atomic E-state index is 0.0811. The van der Waals surface area contributed by atoms with Crippen LogP contribution in [-0.4, -0.2) is 17.8 Å². The van der Waals surface area contributed by atoms with Gasteiger partial charge in [0.15, 0.2) is 0 Å². The van der Waals surface area contributed by atoms with Crippen LogP contribution in [0.5, 0.6) is 0 Å². The first-order valence-electron chi connectivity index (χ1n) is 10.1. The van der Waals surface area contributed by atoms with Gasteiger partial charge in [0.05, 0.1) is 5.69 Å². The molecule has 0 aliphatic carbocycles. The zero-order valence-electron chi connectivity index (χ0n) is 17.7. The van der Waals surface area contributed by atoms with Crippen molar-refractivity contribution in [1.82, 2.24) is 5.32 Å². The van der Waals surface area contributed by atoms with Gasteiger partial charge in [0.2, 0.25) is 0 Å². The number of barbiturate groups is 1. The molecule has 0 spiro atoms. The number of imide groups is 2. The quantitative estimate of drug-likeness (QED) is 0.399. The highest BCUT2D eigenvalue weighted by molar-refractivity contribution is 9.10. The third-order valence-electron chi connectivity index (χ3n) is 5.54. The summed E-state index contributed by atoms with van der Waals surface area (Å²) in [6, 6.07) is 20.1. The first-order valence-corrected chi connectivity index (χ1v) is 10.9. The van der Waals surface area contributed by atoms with E-state index in [1.54, 1.807) is 18.2 Å². The summed E-state index contributed by atoms with van der Waals surface area (Å²) < 4.78 is 0.987. The highest BCUT2D eigenvalue weighted by Gasteiger charge is 2.37. The van der Waals surface area contributed by atoms with Gasteiger partial charge in [0.1, 0.15) is 5.57 Å². The summed E-state index contributed by atoms with van der Waals surface area (Å²) in [4.78, 5) is 39.3. The zero-order valence-corrected chi connectivity index (χ0v) is 19.3. The molecule has 0 unspecified atom stereocenters. The Morgan fingerprint density at radius 1 is 0.875 bits per heavy atom. The number of nitrogens with one attached hydrogen (secondary N) is 1. The molecule has 6 heteroatoms. The summed E-state index contributed by atoms with van der Waals surface area (Å²) in [5.41, 5.74) is 5.14. The number of benzene rings is 3. The molecule has 1 aliphatic heterocycles. The van der Waals surface area contributed by atoms with Crippen LogP contribution in [0.3, 0.4) is 0 Å². The highest BCUT2D eigenvalue weighted by Crippen LogP contribution is 2.26. The first-order chi connectivity index (χ1) is 15.3. The Balaban J connectivity index is 1.73. The van der Waals surface area contributed by atoms with Crippen LogP contribution >= 0.6 is 15.9 Å². The van der Waals surface area contributed by atoms with Gasteiger partial charge in [-0.3, -0.25) is 14.9 Å². The lowest BCUT2D eigenvalue weighted by Gasteiger charge is -2.27. The Kier molecular flexibility index (Phi) is 6.06. The number of carbonyl (C=O) groups is 3. The predicted octanol–water partition coefficient (Wildman–Crippen LogP) is 5.32. The van der Waals surface area contributed by atoms with Gasteiger partial charge in [0.25, 0.3) is 11.8 Å². The maximum absolute atomic E-state index is 13.2. The summed E-state index contributed by atoms with van der Waals surface area (Å²) in [5.74, 6) is -1.34. The van der Waals surface area contributed by atoms with Crippen molar-refractivity contribution in [3.63, 3.8) is 0 Å². The van der Waals surface area contributed by atoms with Gasteiger partial charge < -0.3 is 0 Å². The van der Waals surface area contributed by atoms with Crippen molar-refractivity contribution in [2.24, 2.45) is 0 Å². The first kappa shape index (κ1) is 21.7.